The van der Waals surface area contributed by atoms with E-state index >= 15 is 0 Å². The van der Waals surface area contributed by atoms with E-state index in [1.165, 1.54) is 35.4 Å². The van der Waals surface area contributed by atoms with Crippen molar-refractivity contribution < 1.29 is 22.7 Å². The van der Waals surface area contributed by atoms with E-state index < -0.39 is 29.1 Å². The number of esters is 1. The quantitative estimate of drug-likeness (QED) is 0.621. The topological polar surface area (TPSA) is 84.0 Å². The van der Waals surface area contributed by atoms with Crippen molar-refractivity contribution in [1.82, 2.24) is 9.21 Å². The summed E-state index contributed by atoms with van der Waals surface area (Å²) in [6, 6.07) is 8.23. The van der Waals surface area contributed by atoms with Crippen molar-refractivity contribution in [3.05, 3.63) is 52.2 Å². The highest BCUT2D eigenvalue weighted by atomic mass is 32.2. The van der Waals surface area contributed by atoms with Gasteiger partial charge in [0.1, 0.15) is 6.54 Å². The number of likely N-dealkylation sites (N-methyl/N-ethyl adjacent to an activating group) is 2. The van der Waals surface area contributed by atoms with Crippen LogP contribution >= 0.6 is 11.3 Å². The summed E-state index contributed by atoms with van der Waals surface area (Å²) >= 11 is 1.53. The van der Waals surface area contributed by atoms with E-state index in [2.05, 4.69) is 0 Å². The number of thiophene rings is 1. The molecule has 2 rings (SSSR count). The zero-order chi connectivity index (χ0) is 20.0. The van der Waals surface area contributed by atoms with Crippen LogP contribution < -0.4 is 0 Å². The van der Waals surface area contributed by atoms with Crippen molar-refractivity contribution in [1.29, 1.82) is 0 Å². The molecule has 0 radical (unpaired) electrons. The number of hydrogen-bond acceptors (Lipinski definition) is 6. The lowest BCUT2D eigenvalue weighted by atomic mass is 10.2. The number of benzene rings is 1. The summed E-state index contributed by atoms with van der Waals surface area (Å²) in [6.07, 6.45) is 0. The molecule has 1 amide bonds. The zero-order valence-electron chi connectivity index (χ0n) is 15.4. The van der Waals surface area contributed by atoms with Crippen LogP contribution in [0.1, 0.15) is 11.1 Å². The molecule has 2 aromatic rings. The van der Waals surface area contributed by atoms with Crippen LogP contribution in [0.3, 0.4) is 0 Å². The molecule has 0 unspecified atom stereocenters. The highest BCUT2D eigenvalue weighted by Crippen LogP contribution is 2.15. The second-order valence-electron chi connectivity index (χ2n) is 6.12. The van der Waals surface area contributed by atoms with Gasteiger partial charge in [0.05, 0.1) is 4.90 Å². The number of carbonyl (C=O) groups excluding carboxylic acids is 2. The maximum Gasteiger partial charge on any atom is 0.321 e. The number of amides is 1. The number of sulfonamides is 1. The van der Waals surface area contributed by atoms with Crippen molar-refractivity contribution >= 4 is 33.2 Å². The molecule has 1 aromatic carbocycles. The molecule has 1 heterocycles. The molecule has 0 bridgehead atoms. The Bertz CT molecular complexity index is 877. The molecule has 0 aliphatic heterocycles. The maximum absolute atomic E-state index is 12.4. The van der Waals surface area contributed by atoms with E-state index in [0.29, 0.717) is 6.54 Å². The lowest BCUT2D eigenvalue weighted by Gasteiger charge is -2.18. The van der Waals surface area contributed by atoms with Gasteiger partial charge in [0.2, 0.25) is 10.0 Å². The Morgan fingerprint density at radius 1 is 1.11 bits per heavy atom. The molecular formula is C18H22N2O5S2. The first-order chi connectivity index (χ1) is 12.7. The molecule has 0 N–H and O–H groups in total. The first-order valence-corrected chi connectivity index (χ1v) is 10.5. The zero-order valence-corrected chi connectivity index (χ0v) is 17.0. The van der Waals surface area contributed by atoms with E-state index in [1.54, 1.807) is 19.2 Å². The number of rotatable bonds is 8. The summed E-state index contributed by atoms with van der Waals surface area (Å²) < 4.78 is 30.7. The van der Waals surface area contributed by atoms with Gasteiger partial charge in [0.15, 0.2) is 6.61 Å². The second kappa shape index (κ2) is 9.12. The van der Waals surface area contributed by atoms with Gasteiger partial charge in [-0.15, -0.1) is 0 Å². The van der Waals surface area contributed by atoms with Crippen molar-refractivity contribution in [2.45, 2.75) is 18.4 Å². The normalized spacial score (nSPS) is 11.4. The minimum Gasteiger partial charge on any atom is -0.455 e. The largest absolute Gasteiger partial charge is 0.455 e. The Labute approximate surface area is 163 Å². The first-order valence-electron chi connectivity index (χ1n) is 8.14. The van der Waals surface area contributed by atoms with Gasteiger partial charge in [0.25, 0.3) is 5.91 Å². The van der Waals surface area contributed by atoms with Gasteiger partial charge in [-0.05, 0) is 41.4 Å². The van der Waals surface area contributed by atoms with Crippen LogP contribution in [0.5, 0.6) is 0 Å². The fourth-order valence-electron chi connectivity index (χ4n) is 2.20. The first kappa shape index (κ1) is 21.1. The van der Waals surface area contributed by atoms with Crippen LogP contribution in [0.4, 0.5) is 0 Å². The number of nitrogens with zero attached hydrogens (tertiary/aromatic N) is 2. The molecule has 27 heavy (non-hydrogen) atoms. The van der Waals surface area contributed by atoms with Crippen molar-refractivity contribution in [3.63, 3.8) is 0 Å². The summed E-state index contributed by atoms with van der Waals surface area (Å²) in [5.41, 5.74) is 1.92. The maximum atomic E-state index is 12.4. The predicted molar refractivity (Wildman–Crippen MR) is 103 cm³/mol. The van der Waals surface area contributed by atoms with Gasteiger partial charge in [-0.2, -0.15) is 15.6 Å². The summed E-state index contributed by atoms with van der Waals surface area (Å²) in [5, 5.41) is 3.85. The van der Waals surface area contributed by atoms with Gasteiger partial charge in [0, 0.05) is 20.6 Å². The molecule has 1 aromatic heterocycles. The molecule has 0 saturated carbocycles. The van der Waals surface area contributed by atoms with Crippen LogP contribution in [-0.4, -0.2) is 56.7 Å². The van der Waals surface area contributed by atoms with Crippen molar-refractivity contribution in [3.8, 4) is 0 Å². The van der Waals surface area contributed by atoms with E-state index in [9.17, 15) is 18.0 Å². The van der Waals surface area contributed by atoms with Gasteiger partial charge in [-0.1, -0.05) is 17.7 Å². The van der Waals surface area contributed by atoms with Crippen molar-refractivity contribution in [2.24, 2.45) is 0 Å². The third-order valence-corrected chi connectivity index (χ3v) is 6.41. The van der Waals surface area contributed by atoms with Crippen LogP contribution in [0, 0.1) is 6.92 Å². The average Bonchev–Trinajstić information content (AvgIpc) is 3.12. The Hall–Kier alpha value is -2.23. The standard InChI is InChI=1S/C18H22N2O5S2/c1-14-4-6-16(7-5-14)27(23,24)20(3)11-18(22)25-12-17(21)19(2)10-15-8-9-26-13-15/h4-9,13H,10-12H2,1-3H3. The third kappa shape index (κ3) is 5.88. The summed E-state index contributed by atoms with van der Waals surface area (Å²) in [6.45, 7) is 1.36. The minimum atomic E-state index is -3.80. The Balaban J connectivity index is 1.85. The molecular weight excluding hydrogens is 388 g/mol. The van der Waals surface area contributed by atoms with Gasteiger partial charge >= 0.3 is 5.97 Å². The number of carbonyl (C=O) groups is 2. The van der Waals surface area contributed by atoms with Gasteiger partial charge < -0.3 is 9.64 Å². The summed E-state index contributed by atoms with van der Waals surface area (Å²) in [5.74, 6) is -1.15. The Kier molecular flexibility index (Phi) is 7.11. The lowest BCUT2D eigenvalue weighted by molar-refractivity contribution is -0.151. The fourth-order valence-corrected chi connectivity index (χ4v) is 3.97. The molecule has 146 valence electrons. The monoisotopic (exact) mass is 410 g/mol. The molecule has 0 spiro atoms. The fraction of sp³-hybridized carbons (Fsp3) is 0.333. The van der Waals surface area contributed by atoms with E-state index in [4.69, 9.17) is 4.74 Å². The van der Waals surface area contributed by atoms with E-state index in [0.717, 1.165) is 15.4 Å². The molecule has 0 aliphatic rings. The Morgan fingerprint density at radius 3 is 2.37 bits per heavy atom. The van der Waals surface area contributed by atoms with Gasteiger partial charge in [-0.25, -0.2) is 8.42 Å². The minimum absolute atomic E-state index is 0.0926. The van der Waals surface area contributed by atoms with Crippen LogP contribution in [0.2, 0.25) is 0 Å². The summed E-state index contributed by atoms with van der Waals surface area (Å²) in [4.78, 5) is 25.5. The lowest BCUT2D eigenvalue weighted by Crippen LogP contribution is -2.35. The molecule has 0 atom stereocenters. The van der Waals surface area contributed by atoms with Gasteiger partial charge in [-0.3, -0.25) is 9.59 Å². The molecule has 7 nitrogen and oxygen atoms in total. The average molecular weight is 411 g/mol. The third-order valence-electron chi connectivity index (χ3n) is 3.86. The van der Waals surface area contributed by atoms with E-state index in [1.807, 2.05) is 23.8 Å². The Morgan fingerprint density at radius 2 is 1.78 bits per heavy atom. The van der Waals surface area contributed by atoms with Crippen molar-refractivity contribution in [2.75, 3.05) is 27.2 Å². The summed E-state index contributed by atoms with van der Waals surface area (Å²) in [7, 11) is -0.896. The molecule has 0 saturated heterocycles. The molecule has 0 aliphatic carbocycles. The second-order valence-corrected chi connectivity index (χ2v) is 8.94. The van der Waals surface area contributed by atoms with Crippen LogP contribution in [0.25, 0.3) is 0 Å². The van der Waals surface area contributed by atoms with E-state index in [-0.39, 0.29) is 10.8 Å². The number of ether oxygens (including phenoxy) is 1. The SMILES string of the molecule is Cc1ccc(S(=O)(=O)N(C)CC(=O)OCC(=O)N(C)Cc2ccsc2)cc1. The number of hydrogen-bond donors (Lipinski definition) is 0. The van der Waals surface area contributed by atoms with Crippen LogP contribution in [0.15, 0.2) is 46.0 Å². The predicted octanol–water partition coefficient (Wildman–Crippen LogP) is 1.88. The highest BCUT2D eigenvalue weighted by Gasteiger charge is 2.24. The molecule has 9 heteroatoms. The van der Waals surface area contributed by atoms with Crippen LogP contribution in [-0.2, 0) is 30.9 Å². The number of aryl methyl sites for hydroxylation is 1. The highest BCUT2D eigenvalue weighted by molar-refractivity contribution is 7.89. The smallest absolute Gasteiger partial charge is 0.321 e. The molecule has 0 fully saturated rings.